The summed E-state index contributed by atoms with van der Waals surface area (Å²) in [7, 11) is 0. The molecule has 1 unspecified atom stereocenters. The molecule has 1 aromatic carbocycles. The van der Waals surface area contributed by atoms with Gasteiger partial charge >= 0.3 is 0 Å². The van der Waals surface area contributed by atoms with Crippen molar-refractivity contribution in [2.24, 2.45) is 5.92 Å². The quantitative estimate of drug-likeness (QED) is 0.742. The fraction of sp³-hybridized carbons (Fsp3) is 0.357. The van der Waals surface area contributed by atoms with Gasteiger partial charge in [-0.1, -0.05) is 28.1 Å². The molecule has 0 spiro atoms. The molecule has 0 radical (unpaired) electrons. The monoisotopic (exact) mass is 327 g/mol. The number of rotatable bonds is 5. The topological polar surface area (TPSA) is 12.9 Å². The summed E-state index contributed by atoms with van der Waals surface area (Å²) in [5, 5.41) is 2.02. The van der Waals surface area contributed by atoms with Crippen LogP contribution in [0.2, 0.25) is 0 Å². The van der Waals surface area contributed by atoms with Crippen molar-refractivity contribution in [3.63, 3.8) is 0 Å². The van der Waals surface area contributed by atoms with Crippen LogP contribution in [-0.4, -0.2) is 10.3 Å². The zero-order valence-electron chi connectivity index (χ0n) is 10.2. The van der Waals surface area contributed by atoms with Gasteiger partial charge in [-0.25, -0.2) is 9.37 Å². The van der Waals surface area contributed by atoms with E-state index in [1.165, 1.54) is 10.9 Å². The standard InChI is InChI=1S/C14H15BrFNS/c1-10-17-9-14(18-10)7-12(8-15)5-11-3-2-4-13(16)6-11/h2-4,6,9,12H,5,7-8H2,1H3. The van der Waals surface area contributed by atoms with E-state index in [2.05, 4.69) is 20.9 Å². The molecule has 4 heteroatoms. The van der Waals surface area contributed by atoms with E-state index in [0.717, 1.165) is 28.7 Å². The first kappa shape index (κ1) is 13.7. The van der Waals surface area contributed by atoms with Gasteiger partial charge in [-0.15, -0.1) is 11.3 Å². The van der Waals surface area contributed by atoms with Crippen LogP contribution in [0.1, 0.15) is 15.4 Å². The molecule has 96 valence electrons. The molecule has 2 rings (SSSR count). The third-order valence-electron chi connectivity index (χ3n) is 2.79. The zero-order valence-corrected chi connectivity index (χ0v) is 12.6. The summed E-state index contributed by atoms with van der Waals surface area (Å²) in [5.41, 5.74) is 1.06. The summed E-state index contributed by atoms with van der Waals surface area (Å²) in [6.07, 6.45) is 3.83. The van der Waals surface area contributed by atoms with Crippen LogP contribution < -0.4 is 0 Å². The van der Waals surface area contributed by atoms with Gasteiger partial charge in [0.05, 0.1) is 5.01 Å². The van der Waals surface area contributed by atoms with Crippen molar-refractivity contribution in [2.75, 3.05) is 5.33 Å². The number of hydrogen-bond donors (Lipinski definition) is 0. The molecule has 0 bridgehead atoms. The normalized spacial score (nSPS) is 12.6. The largest absolute Gasteiger partial charge is 0.250 e. The summed E-state index contributed by atoms with van der Waals surface area (Å²) >= 11 is 5.29. The molecule has 0 aliphatic heterocycles. The lowest BCUT2D eigenvalue weighted by atomic mass is 9.97. The molecule has 0 saturated carbocycles. The molecule has 1 heterocycles. The van der Waals surface area contributed by atoms with Crippen molar-refractivity contribution in [2.45, 2.75) is 19.8 Å². The molecule has 0 fully saturated rings. The molecule has 18 heavy (non-hydrogen) atoms. The highest BCUT2D eigenvalue weighted by Gasteiger charge is 2.11. The van der Waals surface area contributed by atoms with Gasteiger partial charge in [-0.3, -0.25) is 0 Å². The van der Waals surface area contributed by atoms with E-state index in [0.29, 0.717) is 5.92 Å². The van der Waals surface area contributed by atoms with Crippen LogP contribution in [0.4, 0.5) is 4.39 Å². The van der Waals surface area contributed by atoms with Gasteiger partial charge in [0, 0.05) is 16.4 Å². The maximum Gasteiger partial charge on any atom is 0.123 e. The highest BCUT2D eigenvalue weighted by Crippen LogP contribution is 2.21. The van der Waals surface area contributed by atoms with E-state index >= 15 is 0 Å². The van der Waals surface area contributed by atoms with Gasteiger partial charge in [0.15, 0.2) is 0 Å². The number of nitrogens with zero attached hydrogens (tertiary/aromatic N) is 1. The molecule has 1 atom stereocenters. The van der Waals surface area contributed by atoms with Gasteiger partial charge in [-0.05, 0) is 43.4 Å². The molecule has 0 saturated heterocycles. The second-order valence-electron chi connectivity index (χ2n) is 4.40. The molecule has 1 nitrogen and oxygen atoms in total. The number of aromatic nitrogens is 1. The Morgan fingerprint density at radius 2 is 2.22 bits per heavy atom. The van der Waals surface area contributed by atoms with E-state index in [9.17, 15) is 4.39 Å². The third-order valence-corrected chi connectivity index (χ3v) is 4.64. The third kappa shape index (κ3) is 3.89. The van der Waals surface area contributed by atoms with Crippen LogP contribution in [0.3, 0.4) is 0 Å². The minimum Gasteiger partial charge on any atom is -0.250 e. The molecule has 0 amide bonds. The maximum absolute atomic E-state index is 13.1. The van der Waals surface area contributed by atoms with Crippen molar-refractivity contribution in [1.82, 2.24) is 4.98 Å². The van der Waals surface area contributed by atoms with E-state index < -0.39 is 0 Å². The SMILES string of the molecule is Cc1ncc(CC(CBr)Cc2cccc(F)c2)s1. The van der Waals surface area contributed by atoms with Crippen LogP contribution >= 0.6 is 27.3 Å². The van der Waals surface area contributed by atoms with Crippen molar-refractivity contribution in [3.05, 3.63) is 51.7 Å². The molecule has 1 aromatic heterocycles. The average molecular weight is 328 g/mol. The maximum atomic E-state index is 13.1. The number of benzene rings is 1. The predicted molar refractivity (Wildman–Crippen MR) is 77.9 cm³/mol. The molecule has 0 aliphatic rings. The van der Waals surface area contributed by atoms with E-state index in [1.807, 2.05) is 19.2 Å². The van der Waals surface area contributed by atoms with E-state index in [-0.39, 0.29) is 5.82 Å². The number of alkyl halides is 1. The lowest BCUT2D eigenvalue weighted by molar-refractivity contribution is 0.586. The lowest BCUT2D eigenvalue weighted by Crippen LogP contribution is -2.09. The van der Waals surface area contributed by atoms with Crippen LogP contribution in [0, 0.1) is 18.7 Å². The Kier molecular flexibility index (Phi) is 4.89. The first-order valence-electron chi connectivity index (χ1n) is 5.89. The first-order valence-corrected chi connectivity index (χ1v) is 7.83. The molecule has 0 N–H and O–H groups in total. The lowest BCUT2D eigenvalue weighted by Gasteiger charge is -2.12. The number of thiazole rings is 1. The van der Waals surface area contributed by atoms with Gasteiger partial charge in [-0.2, -0.15) is 0 Å². The van der Waals surface area contributed by atoms with Crippen LogP contribution in [0.5, 0.6) is 0 Å². The summed E-state index contributed by atoms with van der Waals surface area (Å²) in [4.78, 5) is 5.57. The Morgan fingerprint density at radius 1 is 1.39 bits per heavy atom. The summed E-state index contributed by atoms with van der Waals surface area (Å²) in [5.74, 6) is 0.320. The Bertz CT molecular complexity index is 512. The summed E-state index contributed by atoms with van der Waals surface area (Å²) in [6.45, 7) is 2.02. The van der Waals surface area contributed by atoms with Crippen LogP contribution in [0.15, 0.2) is 30.5 Å². The van der Waals surface area contributed by atoms with Crippen molar-refractivity contribution in [3.8, 4) is 0 Å². The summed E-state index contributed by atoms with van der Waals surface area (Å²) < 4.78 is 13.1. The van der Waals surface area contributed by atoms with Crippen molar-refractivity contribution < 1.29 is 4.39 Å². The Morgan fingerprint density at radius 3 is 2.83 bits per heavy atom. The number of hydrogen-bond acceptors (Lipinski definition) is 2. The minimum atomic E-state index is -0.158. The van der Waals surface area contributed by atoms with Gasteiger partial charge < -0.3 is 0 Å². The smallest absolute Gasteiger partial charge is 0.123 e. The average Bonchev–Trinajstić information content (AvgIpc) is 2.74. The van der Waals surface area contributed by atoms with Gasteiger partial charge in [0.2, 0.25) is 0 Å². The number of halogens is 2. The van der Waals surface area contributed by atoms with Gasteiger partial charge in [0.1, 0.15) is 5.82 Å². The Balaban J connectivity index is 2.01. The van der Waals surface area contributed by atoms with E-state index in [4.69, 9.17) is 0 Å². The highest BCUT2D eigenvalue weighted by molar-refractivity contribution is 9.09. The van der Waals surface area contributed by atoms with Crippen molar-refractivity contribution >= 4 is 27.3 Å². The minimum absolute atomic E-state index is 0.158. The molecular weight excluding hydrogens is 313 g/mol. The predicted octanol–water partition coefficient (Wildman–Crippen LogP) is 4.39. The molecule has 0 aliphatic carbocycles. The highest BCUT2D eigenvalue weighted by atomic mass is 79.9. The number of aryl methyl sites for hydroxylation is 1. The second kappa shape index (κ2) is 6.43. The van der Waals surface area contributed by atoms with Crippen LogP contribution in [0.25, 0.3) is 0 Å². The van der Waals surface area contributed by atoms with Crippen LogP contribution in [-0.2, 0) is 12.8 Å². The Labute approximate surface area is 119 Å². The van der Waals surface area contributed by atoms with E-state index in [1.54, 1.807) is 23.5 Å². The van der Waals surface area contributed by atoms with Crippen molar-refractivity contribution in [1.29, 1.82) is 0 Å². The van der Waals surface area contributed by atoms with Gasteiger partial charge in [0.25, 0.3) is 0 Å². The fourth-order valence-electron chi connectivity index (χ4n) is 1.96. The zero-order chi connectivity index (χ0) is 13.0. The first-order chi connectivity index (χ1) is 8.67. The second-order valence-corrected chi connectivity index (χ2v) is 6.37. The Hall–Kier alpha value is -0.740. The summed E-state index contributed by atoms with van der Waals surface area (Å²) in [6, 6.07) is 6.86. The molecule has 2 aromatic rings. The fourth-order valence-corrected chi connectivity index (χ4v) is 3.33. The molecular formula is C14H15BrFNS.